The van der Waals surface area contributed by atoms with Crippen LogP contribution in [-0.4, -0.2) is 17.2 Å². The lowest BCUT2D eigenvalue weighted by Gasteiger charge is -2.25. The fraction of sp³-hybridized carbons (Fsp3) is 0.750. The summed E-state index contributed by atoms with van der Waals surface area (Å²) < 4.78 is 0. The van der Waals surface area contributed by atoms with E-state index in [1.54, 1.807) is 0 Å². The second kappa shape index (κ2) is 5.89. The molecule has 16 heavy (non-hydrogen) atoms. The van der Waals surface area contributed by atoms with Crippen LogP contribution >= 0.6 is 0 Å². The molecule has 0 aliphatic heterocycles. The smallest absolute Gasteiger partial charge is 0.314 e. The molecule has 0 aromatic heterocycles. The highest BCUT2D eigenvalue weighted by atomic mass is 17.2. The van der Waals surface area contributed by atoms with Gasteiger partial charge in [-0.15, -0.1) is 0 Å². The Balaban J connectivity index is 4.04. The summed E-state index contributed by atoms with van der Waals surface area (Å²) in [7, 11) is 0. The van der Waals surface area contributed by atoms with E-state index in [0.29, 0.717) is 0 Å². The van der Waals surface area contributed by atoms with Crippen molar-refractivity contribution in [1.82, 2.24) is 5.32 Å². The summed E-state index contributed by atoms with van der Waals surface area (Å²) in [6.07, 6.45) is 4.11. The minimum atomic E-state index is -0.565. The van der Waals surface area contributed by atoms with Crippen molar-refractivity contribution in [3.63, 3.8) is 0 Å². The molecular formula is C12H23NO3. The monoisotopic (exact) mass is 229 g/mol. The number of rotatable bonds is 4. The van der Waals surface area contributed by atoms with E-state index in [1.165, 1.54) is 0 Å². The van der Waals surface area contributed by atoms with Crippen LogP contribution in [0.5, 0.6) is 0 Å². The lowest BCUT2D eigenvalue weighted by atomic mass is 10.0. The van der Waals surface area contributed by atoms with Crippen LogP contribution in [0.4, 0.5) is 4.79 Å². The summed E-state index contributed by atoms with van der Waals surface area (Å²) in [5.74, 6) is 0. The van der Waals surface area contributed by atoms with Crippen LogP contribution in [0.1, 0.15) is 48.0 Å². The minimum Gasteiger partial charge on any atom is -0.314 e. The van der Waals surface area contributed by atoms with E-state index in [1.807, 2.05) is 53.7 Å². The van der Waals surface area contributed by atoms with Crippen molar-refractivity contribution in [2.45, 2.75) is 59.1 Å². The highest BCUT2D eigenvalue weighted by Crippen LogP contribution is 2.11. The van der Waals surface area contributed by atoms with Crippen molar-refractivity contribution in [3.8, 4) is 0 Å². The quantitative estimate of drug-likeness (QED) is 0.457. The lowest BCUT2D eigenvalue weighted by Crippen LogP contribution is -2.44. The number of nitrogens with one attached hydrogen (secondary N) is 1. The fourth-order valence-electron chi connectivity index (χ4n) is 0.923. The molecule has 1 amide bonds. The third-order valence-corrected chi connectivity index (χ3v) is 1.67. The standard InChI is InChI=1S/C12H23NO3/c1-7-8-9-12(5,6)13-10(14)15-16-11(2,3)4/h7-8H,9H2,1-6H3,(H,13,14)/b8-7+. The van der Waals surface area contributed by atoms with Gasteiger partial charge in [-0.25, -0.2) is 4.79 Å². The predicted molar refractivity (Wildman–Crippen MR) is 64.0 cm³/mol. The maximum atomic E-state index is 11.4. The molecule has 1 N–H and O–H groups in total. The molecule has 0 bridgehead atoms. The molecule has 0 aromatic rings. The topological polar surface area (TPSA) is 47.6 Å². The van der Waals surface area contributed by atoms with Crippen LogP contribution in [-0.2, 0) is 9.78 Å². The number of carbonyl (C=O) groups excluding carboxylic acids is 1. The molecule has 4 heteroatoms. The molecule has 0 aliphatic rings. The van der Waals surface area contributed by atoms with Crippen LogP contribution in [0, 0.1) is 0 Å². The second-order valence-corrected chi connectivity index (χ2v) is 5.35. The Hall–Kier alpha value is -1.03. The van der Waals surface area contributed by atoms with Gasteiger partial charge in [0.05, 0.1) is 0 Å². The fourth-order valence-corrected chi connectivity index (χ4v) is 0.923. The molecule has 0 heterocycles. The molecule has 0 atom stereocenters. The molecule has 0 spiro atoms. The van der Waals surface area contributed by atoms with E-state index in [0.717, 1.165) is 6.42 Å². The molecular weight excluding hydrogens is 206 g/mol. The first-order valence-electron chi connectivity index (χ1n) is 5.45. The van der Waals surface area contributed by atoms with Gasteiger partial charge in [-0.2, -0.15) is 4.89 Å². The van der Waals surface area contributed by atoms with E-state index in [-0.39, 0.29) is 5.54 Å². The van der Waals surface area contributed by atoms with Crippen molar-refractivity contribution >= 4 is 6.09 Å². The summed E-state index contributed by atoms with van der Waals surface area (Å²) >= 11 is 0. The van der Waals surface area contributed by atoms with Gasteiger partial charge in [-0.3, -0.25) is 4.89 Å². The first-order chi connectivity index (χ1) is 7.16. The third kappa shape index (κ3) is 8.29. The highest BCUT2D eigenvalue weighted by Gasteiger charge is 2.22. The van der Waals surface area contributed by atoms with Gasteiger partial charge in [-0.05, 0) is 48.0 Å². The maximum absolute atomic E-state index is 11.4. The Morgan fingerprint density at radius 1 is 1.25 bits per heavy atom. The molecule has 4 nitrogen and oxygen atoms in total. The van der Waals surface area contributed by atoms with Crippen molar-refractivity contribution < 1.29 is 14.6 Å². The largest absolute Gasteiger partial charge is 0.439 e. The van der Waals surface area contributed by atoms with Crippen LogP contribution < -0.4 is 5.32 Å². The maximum Gasteiger partial charge on any atom is 0.439 e. The summed E-state index contributed by atoms with van der Waals surface area (Å²) in [6.45, 7) is 11.2. The third-order valence-electron chi connectivity index (χ3n) is 1.67. The zero-order valence-corrected chi connectivity index (χ0v) is 11.1. The van der Waals surface area contributed by atoms with Gasteiger partial charge in [0.2, 0.25) is 0 Å². The second-order valence-electron chi connectivity index (χ2n) is 5.35. The molecule has 94 valence electrons. The van der Waals surface area contributed by atoms with Crippen molar-refractivity contribution in [2.24, 2.45) is 0 Å². The highest BCUT2D eigenvalue weighted by molar-refractivity contribution is 5.67. The summed E-state index contributed by atoms with van der Waals surface area (Å²) in [6, 6.07) is 0. The molecule has 0 rings (SSSR count). The average Bonchev–Trinajstić information content (AvgIpc) is 2.10. The first kappa shape index (κ1) is 15.0. The molecule has 0 saturated carbocycles. The molecule has 0 fully saturated rings. The number of allylic oxidation sites excluding steroid dienone is 1. The molecule has 0 unspecified atom stereocenters. The van der Waals surface area contributed by atoms with Crippen LogP contribution in [0.2, 0.25) is 0 Å². The Morgan fingerprint density at radius 2 is 1.81 bits per heavy atom. The van der Waals surface area contributed by atoms with Gasteiger partial charge < -0.3 is 5.32 Å². The SMILES string of the molecule is C/C=C/CC(C)(C)NC(=O)OOC(C)(C)C. The van der Waals surface area contributed by atoms with Crippen molar-refractivity contribution in [3.05, 3.63) is 12.2 Å². The first-order valence-corrected chi connectivity index (χ1v) is 5.45. The summed E-state index contributed by atoms with van der Waals surface area (Å²) in [4.78, 5) is 20.9. The van der Waals surface area contributed by atoms with E-state index in [9.17, 15) is 4.79 Å². The van der Waals surface area contributed by atoms with Crippen molar-refractivity contribution in [1.29, 1.82) is 0 Å². The molecule has 0 saturated heterocycles. The number of hydrogen-bond acceptors (Lipinski definition) is 3. The number of hydrogen-bond donors (Lipinski definition) is 1. The number of carbonyl (C=O) groups is 1. The molecule has 0 aromatic carbocycles. The van der Waals surface area contributed by atoms with Crippen LogP contribution in [0.15, 0.2) is 12.2 Å². The van der Waals surface area contributed by atoms with Gasteiger partial charge in [0, 0.05) is 5.54 Å². The Bertz CT molecular complexity index is 251. The minimum absolute atomic E-state index is 0.342. The average molecular weight is 229 g/mol. The van der Waals surface area contributed by atoms with Gasteiger partial charge in [-0.1, -0.05) is 12.2 Å². The van der Waals surface area contributed by atoms with E-state index >= 15 is 0 Å². The van der Waals surface area contributed by atoms with E-state index < -0.39 is 11.7 Å². The van der Waals surface area contributed by atoms with Gasteiger partial charge in [0.15, 0.2) is 0 Å². The van der Waals surface area contributed by atoms with Gasteiger partial charge in [0.1, 0.15) is 5.60 Å². The lowest BCUT2D eigenvalue weighted by molar-refractivity contribution is -0.301. The van der Waals surface area contributed by atoms with Crippen LogP contribution in [0.3, 0.4) is 0 Å². The normalized spacial score (nSPS) is 12.9. The summed E-state index contributed by atoms with van der Waals surface area (Å²) in [5, 5.41) is 2.73. The van der Waals surface area contributed by atoms with E-state index in [4.69, 9.17) is 4.89 Å². The zero-order valence-electron chi connectivity index (χ0n) is 11.1. The van der Waals surface area contributed by atoms with Gasteiger partial charge in [0.25, 0.3) is 0 Å². The Labute approximate surface area is 97.9 Å². The van der Waals surface area contributed by atoms with Crippen molar-refractivity contribution in [2.75, 3.05) is 0 Å². The van der Waals surface area contributed by atoms with Gasteiger partial charge >= 0.3 is 6.09 Å². The predicted octanol–water partition coefficient (Wildman–Crippen LogP) is 3.19. The molecule has 0 aliphatic carbocycles. The Morgan fingerprint density at radius 3 is 2.25 bits per heavy atom. The molecule has 0 radical (unpaired) electrons. The Kier molecular flexibility index (Phi) is 5.51. The van der Waals surface area contributed by atoms with Crippen LogP contribution in [0.25, 0.3) is 0 Å². The van der Waals surface area contributed by atoms with E-state index in [2.05, 4.69) is 10.2 Å². The summed E-state index contributed by atoms with van der Waals surface area (Å²) in [5.41, 5.74) is -0.838. The number of amides is 1. The zero-order chi connectivity index (χ0) is 12.8.